The Balaban J connectivity index is 1.56. The lowest BCUT2D eigenvalue weighted by Gasteiger charge is -2.15. The first kappa shape index (κ1) is 17.4. The number of nitrogens with one attached hydrogen (secondary N) is 1. The highest BCUT2D eigenvalue weighted by molar-refractivity contribution is 7.13. The van der Waals surface area contributed by atoms with Crippen molar-refractivity contribution in [1.82, 2.24) is 9.88 Å². The summed E-state index contributed by atoms with van der Waals surface area (Å²) in [5.74, 6) is 0.618. The Morgan fingerprint density at radius 3 is 2.48 bits per heavy atom. The number of hydrogen-bond acceptors (Lipinski definition) is 5. The molecule has 3 aromatic rings. The Hall–Kier alpha value is -2.44. The summed E-state index contributed by atoms with van der Waals surface area (Å²) in [6, 6.07) is 14.3. The van der Waals surface area contributed by atoms with Gasteiger partial charge in [0, 0.05) is 24.2 Å². The molecule has 0 aliphatic rings. The van der Waals surface area contributed by atoms with Gasteiger partial charge in [-0.2, -0.15) is 0 Å². The first-order chi connectivity index (χ1) is 12.1. The summed E-state index contributed by atoms with van der Waals surface area (Å²) in [4.78, 5) is 6.77. The molecule has 3 rings (SSSR count). The summed E-state index contributed by atoms with van der Waals surface area (Å²) in [7, 11) is 3.68. The molecule has 1 N–H and O–H groups in total. The number of halogens is 1. The van der Waals surface area contributed by atoms with Gasteiger partial charge in [0.2, 0.25) is 0 Å². The Morgan fingerprint density at radius 1 is 1.08 bits per heavy atom. The van der Waals surface area contributed by atoms with Crippen molar-refractivity contribution in [3.05, 3.63) is 71.0 Å². The van der Waals surface area contributed by atoms with Crippen LogP contribution in [0.2, 0.25) is 0 Å². The highest BCUT2D eigenvalue weighted by atomic mass is 32.1. The molecule has 1 heterocycles. The van der Waals surface area contributed by atoms with E-state index in [2.05, 4.69) is 15.2 Å². The molecule has 0 aliphatic carbocycles. The maximum Gasteiger partial charge on any atom is 0.187 e. The molecule has 0 radical (unpaired) electrons. The molecule has 0 saturated carbocycles. The van der Waals surface area contributed by atoms with Gasteiger partial charge >= 0.3 is 0 Å². The van der Waals surface area contributed by atoms with E-state index in [4.69, 9.17) is 4.74 Å². The second kappa shape index (κ2) is 8.09. The fraction of sp³-hybridized carbons (Fsp3) is 0.211. The Labute approximate surface area is 150 Å². The number of methoxy groups -OCH3 is 1. The lowest BCUT2D eigenvalue weighted by molar-refractivity contribution is 0.316. The van der Waals surface area contributed by atoms with Crippen molar-refractivity contribution >= 4 is 22.2 Å². The average molecular weight is 357 g/mol. The van der Waals surface area contributed by atoms with Crippen molar-refractivity contribution < 1.29 is 9.13 Å². The van der Waals surface area contributed by atoms with Crippen LogP contribution in [0.3, 0.4) is 0 Å². The predicted octanol–water partition coefficient (Wildman–Crippen LogP) is 4.67. The number of benzene rings is 2. The van der Waals surface area contributed by atoms with Crippen LogP contribution < -0.4 is 10.1 Å². The number of ether oxygens (including phenoxy) is 1. The molecule has 0 saturated heterocycles. The number of nitrogens with zero attached hydrogens (tertiary/aromatic N) is 2. The third kappa shape index (κ3) is 5.01. The Morgan fingerprint density at radius 2 is 1.80 bits per heavy atom. The third-order valence-corrected chi connectivity index (χ3v) is 4.50. The van der Waals surface area contributed by atoms with Crippen LogP contribution in [-0.4, -0.2) is 24.0 Å². The average Bonchev–Trinajstić information content (AvgIpc) is 3.04. The van der Waals surface area contributed by atoms with Crippen LogP contribution in [0.1, 0.15) is 11.3 Å². The van der Waals surface area contributed by atoms with Crippen LogP contribution in [-0.2, 0) is 13.1 Å². The van der Waals surface area contributed by atoms with Crippen LogP contribution in [0.15, 0.2) is 53.9 Å². The molecular formula is C19H20FN3OS. The number of aromatic nitrogens is 1. The minimum Gasteiger partial charge on any atom is -0.497 e. The monoisotopic (exact) mass is 357 g/mol. The van der Waals surface area contributed by atoms with E-state index < -0.39 is 0 Å². The lowest BCUT2D eigenvalue weighted by Crippen LogP contribution is -2.17. The molecule has 0 aliphatic heterocycles. The maximum absolute atomic E-state index is 13.0. The molecule has 25 heavy (non-hydrogen) atoms. The van der Waals surface area contributed by atoms with Crippen molar-refractivity contribution in [2.24, 2.45) is 0 Å². The van der Waals surface area contributed by atoms with Gasteiger partial charge in [-0.1, -0.05) is 12.1 Å². The lowest BCUT2D eigenvalue weighted by atomic mass is 10.2. The standard InChI is InChI=1S/C19H20FN3OS/c1-23(11-14-3-5-15(20)6-4-14)12-17-13-25-19(22-17)21-16-7-9-18(24-2)10-8-16/h3-10,13H,11-12H2,1-2H3,(H,21,22). The summed E-state index contributed by atoms with van der Waals surface area (Å²) in [6.45, 7) is 1.48. The fourth-order valence-corrected chi connectivity index (χ4v) is 3.19. The summed E-state index contributed by atoms with van der Waals surface area (Å²) in [5.41, 5.74) is 3.06. The number of anilines is 2. The highest BCUT2D eigenvalue weighted by Crippen LogP contribution is 2.23. The van der Waals surface area contributed by atoms with Crippen molar-refractivity contribution in [1.29, 1.82) is 0 Å². The highest BCUT2D eigenvalue weighted by Gasteiger charge is 2.07. The first-order valence-corrected chi connectivity index (χ1v) is 8.79. The zero-order chi connectivity index (χ0) is 17.6. The number of thiazole rings is 1. The van der Waals surface area contributed by atoms with Gasteiger partial charge in [-0.15, -0.1) is 11.3 Å². The van der Waals surface area contributed by atoms with Gasteiger partial charge < -0.3 is 10.1 Å². The van der Waals surface area contributed by atoms with E-state index in [9.17, 15) is 4.39 Å². The van der Waals surface area contributed by atoms with Crippen LogP contribution in [0.25, 0.3) is 0 Å². The molecule has 0 bridgehead atoms. The number of hydrogen-bond donors (Lipinski definition) is 1. The molecule has 0 amide bonds. The molecule has 4 nitrogen and oxygen atoms in total. The second-order valence-corrected chi connectivity index (χ2v) is 6.65. The predicted molar refractivity (Wildman–Crippen MR) is 100.0 cm³/mol. The Kier molecular flexibility index (Phi) is 5.63. The third-order valence-electron chi connectivity index (χ3n) is 3.69. The van der Waals surface area contributed by atoms with E-state index in [1.54, 1.807) is 18.4 Å². The molecular weight excluding hydrogens is 337 g/mol. The van der Waals surface area contributed by atoms with Gasteiger partial charge in [-0.25, -0.2) is 9.37 Å². The molecule has 0 fully saturated rings. The molecule has 0 unspecified atom stereocenters. The van der Waals surface area contributed by atoms with Gasteiger partial charge in [-0.05, 0) is 49.0 Å². The maximum atomic E-state index is 13.0. The van der Waals surface area contributed by atoms with E-state index >= 15 is 0 Å². The van der Waals surface area contributed by atoms with Crippen molar-refractivity contribution in [2.45, 2.75) is 13.1 Å². The van der Waals surface area contributed by atoms with E-state index in [0.717, 1.165) is 40.9 Å². The summed E-state index contributed by atoms with van der Waals surface area (Å²) >= 11 is 1.57. The van der Waals surface area contributed by atoms with Crippen LogP contribution in [0.5, 0.6) is 5.75 Å². The number of rotatable bonds is 7. The molecule has 0 spiro atoms. The van der Waals surface area contributed by atoms with Crippen LogP contribution in [0.4, 0.5) is 15.2 Å². The topological polar surface area (TPSA) is 37.4 Å². The zero-order valence-corrected chi connectivity index (χ0v) is 15.0. The van der Waals surface area contributed by atoms with Crippen molar-refractivity contribution in [3.63, 3.8) is 0 Å². The zero-order valence-electron chi connectivity index (χ0n) is 14.2. The molecule has 6 heteroatoms. The van der Waals surface area contributed by atoms with E-state index in [0.29, 0.717) is 0 Å². The minimum absolute atomic E-state index is 0.208. The van der Waals surface area contributed by atoms with E-state index in [1.165, 1.54) is 12.1 Å². The van der Waals surface area contributed by atoms with Crippen LogP contribution >= 0.6 is 11.3 Å². The van der Waals surface area contributed by atoms with Gasteiger partial charge in [0.1, 0.15) is 11.6 Å². The summed E-state index contributed by atoms with van der Waals surface area (Å²) in [5, 5.41) is 6.20. The van der Waals surface area contributed by atoms with Crippen molar-refractivity contribution in [2.75, 3.05) is 19.5 Å². The van der Waals surface area contributed by atoms with Gasteiger partial charge in [0.25, 0.3) is 0 Å². The summed E-state index contributed by atoms with van der Waals surface area (Å²) in [6.07, 6.45) is 0. The smallest absolute Gasteiger partial charge is 0.187 e. The minimum atomic E-state index is -0.208. The van der Waals surface area contributed by atoms with Gasteiger partial charge in [0.15, 0.2) is 5.13 Å². The van der Waals surface area contributed by atoms with Crippen LogP contribution in [0, 0.1) is 5.82 Å². The summed E-state index contributed by atoms with van der Waals surface area (Å²) < 4.78 is 18.1. The fourth-order valence-electron chi connectivity index (χ4n) is 2.47. The SMILES string of the molecule is COc1ccc(Nc2nc(CN(C)Cc3ccc(F)cc3)cs2)cc1. The molecule has 1 aromatic heterocycles. The Bertz CT molecular complexity index is 802. The van der Waals surface area contributed by atoms with Gasteiger partial charge in [-0.3, -0.25) is 4.90 Å². The van der Waals surface area contributed by atoms with E-state index in [1.807, 2.05) is 48.8 Å². The normalized spacial score (nSPS) is 10.9. The largest absolute Gasteiger partial charge is 0.497 e. The van der Waals surface area contributed by atoms with E-state index in [-0.39, 0.29) is 5.82 Å². The van der Waals surface area contributed by atoms with Crippen molar-refractivity contribution in [3.8, 4) is 5.75 Å². The second-order valence-electron chi connectivity index (χ2n) is 5.80. The van der Waals surface area contributed by atoms with Gasteiger partial charge in [0.05, 0.1) is 12.8 Å². The quantitative estimate of drug-likeness (QED) is 0.667. The molecule has 0 atom stereocenters. The molecule has 130 valence electrons. The molecule has 2 aromatic carbocycles. The first-order valence-electron chi connectivity index (χ1n) is 7.91.